The molecule has 2 atom stereocenters. The van der Waals surface area contributed by atoms with E-state index in [0.717, 1.165) is 5.56 Å². The Morgan fingerprint density at radius 2 is 2.22 bits per heavy atom. The summed E-state index contributed by atoms with van der Waals surface area (Å²) in [5.41, 5.74) is 0.887. The molecule has 23 heavy (non-hydrogen) atoms. The Labute approximate surface area is 140 Å². The summed E-state index contributed by atoms with van der Waals surface area (Å²) in [5.74, 6) is 0.135. The van der Waals surface area contributed by atoms with Crippen molar-refractivity contribution in [3.05, 3.63) is 48.6 Å². The smallest absolute Gasteiger partial charge is 0.413 e. The monoisotopic (exact) mass is 337 g/mol. The number of carbonyl (C=O) groups excluding carboxylic acids is 2. The average Bonchev–Trinajstić information content (AvgIpc) is 2.95. The van der Waals surface area contributed by atoms with Gasteiger partial charge >= 0.3 is 12.1 Å². The zero-order valence-corrected chi connectivity index (χ0v) is 13.6. The van der Waals surface area contributed by atoms with E-state index in [1.54, 1.807) is 6.08 Å². The van der Waals surface area contributed by atoms with Gasteiger partial charge in [-0.2, -0.15) is 0 Å². The van der Waals surface area contributed by atoms with E-state index in [9.17, 15) is 9.59 Å². The summed E-state index contributed by atoms with van der Waals surface area (Å²) in [7, 11) is 0. The van der Waals surface area contributed by atoms with Crippen molar-refractivity contribution in [2.45, 2.75) is 25.5 Å². The van der Waals surface area contributed by atoms with Crippen molar-refractivity contribution in [3.8, 4) is 0 Å². The third-order valence-corrected chi connectivity index (χ3v) is 4.17. The predicted molar refractivity (Wildman–Crippen MR) is 86.9 cm³/mol. The van der Waals surface area contributed by atoms with Crippen LogP contribution in [-0.2, 0) is 20.9 Å². The van der Waals surface area contributed by atoms with Gasteiger partial charge in [0.25, 0.3) is 0 Å². The zero-order chi connectivity index (χ0) is 16.7. The van der Waals surface area contributed by atoms with Gasteiger partial charge < -0.3 is 9.47 Å². The zero-order valence-electron chi connectivity index (χ0n) is 12.8. The number of hydrogen-bond donors (Lipinski definition) is 0. The van der Waals surface area contributed by atoms with Crippen molar-refractivity contribution in [2.75, 3.05) is 12.6 Å². The molecule has 5 nitrogen and oxygen atoms in total. The molecule has 1 amide bonds. The van der Waals surface area contributed by atoms with Crippen LogP contribution in [0.1, 0.15) is 18.4 Å². The van der Waals surface area contributed by atoms with Gasteiger partial charge in [0.2, 0.25) is 0 Å². The summed E-state index contributed by atoms with van der Waals surface area (Å²) >= 11 is 5.81. The first-order valence-electron chi connectivity index (χ1n) is 7.48. The number of halogens is 1. The molecule has 2 rings (SSSR count). The number of allylic oxidation sites excluding steroid dienone is 1. The maximum atomic E-state index is 12.2. The van der Waals surface area contributed by atoms with Crippen LogP contribution in [0.4, 0.5) is 4.79 Å². The van der Waals surface area contributed by atoms with Crippen LogP contribution in [0.15, 0.2) is 43.0 Å². The Kier molecular flexibility index (Phi) is 6.47. The molecule has 124 valence electrons. The number of benzene rings is 1. The minimum atomic E-state index is -0.621. The summed E-state index contributed by atoms with van der Waals surface area (Å²) in [6, 6.07) is 8.74. The summed E-state index contributed by atoms with van der Waals surface area (Å²) in [4.78, 5) is 25.3. The fourth-order valence-corrected chi connectivity index (χ4v) is 2.61. The number of carbonyl (C=O) groups is 2. The Hall–Kier alpha value is -2.01. The molecular formula is C17H20ClNO4. The Bertz CT molecular complexity index is 549. The van der Waals surface area contributed by atoms with E-state index in [-0.39, 0.29) is 19.3 Å². The molecule has 1 aliphatic rings. The minimum absolute atomic E-state index is 0.0727. The molecule has 0 saturated carbocycles. The molecule has 1 aliphatic heterocycles. The van der Waals surface area contributed by atoms with Gasteiger partial charge in [-0.15, -0.1) is 18.2 Å². The molecular weight excluding hydrogens is 318 g/mol. The highest BCUT2D eigenvalue weighted by atomic mass is 35.5. The number of cyclic esters (lactones) is 1. The van der Waals surface area contributed by atoms with Crippen LogP contribution in [0.2, 0.25) is 0 Å². The fraction of sp³-hybridized carbons (Fsp3) is 0.412. The molecule has 0 bridgehead atoms. The van der Waals surface area contributed by atoms with Crippen LogP contribution in [0.3, 0.4) is 0 Å². The molecule has 1 aromatic carbocycles. The molecule has 0 spiro atoms. The number of amides is 1. The second-order valence-corrected chi connectivity index (χ2v) is 5.65. The van der Waals surface area contributed by atoms with Crippen LogP contribution in [0, 0.1) is 5.92 Å². The van der Waals surface area contributed by atoms with Gasteiger partial charge in [0.05, 0.1) is 0 Å². The summed E-state index contributed by atoms with van der Waals surface area (Å²) in [6.07, 6.45) is 2.34. The van der Waals surface area contributed by atoms with Crippen molar-refractivity contribution in [1.29, 1.82) is 0 Å². The number of rotatable bonds is 7. The highest BCUT2D eigenvalue weighted by Crippen LogP contribution is 2.21. The third kappa shape index (κ3) is 4.73. The number of esters is 1. The van der Waals surface area contributed by atoms with Gasteiger partial charge in [-0.1, -0.05) is 36.4 Å². The Morgan fingerprint density at radius 3 is 2.87 bits per heavy atom. The largest absolute Gasteiger partial charge is 0.444 e. The highest BCUT2D eigenvalue weighted by molar-refractivity contribution is 6.18. The summed E-state index contributed by atoms with van der Waals surface area (Å²) in [5, 5.41) is 0. The second-order valence-electron chi connectivity index (χ2n) is 5.35. The molecule has 6 heteroatoms. The first kappa shape index (κ1) is 17.3. The van der Waals surface area contributed by atoms with E-state index < -0.39 is 18.1 Å². The number of ether oxygens (including phenoxy) is 2. The molecule has 1 saturated heterocycles. The lowest BCUT2D eigenvalue weighted by molar-refractivity contribution is -0.139. The maximum absolute atomic E-state index is 12.2. The van der Waals surface area contributed by atoms with E-state index in [2.05, 4.69) is 6.58 Å². The van der Waals surface area contributed by atoms with Gasteiger partial charge in [0, 0.05) is 5.88 Å². The average molecular weight is 338 g/mol. The first-order valence-corrected chi connectivity index (χ1v) is 8.01. The Balaban J connectivity index is 1.89. The lowest BCUT2D eigenvalue weighted by Crippen LogP contribution is -2.38. The van der Waals surface area contributed by atoms with Crippen LogP contribution in [0.25, 0.3) is 0 Å². The lowest BCUT2D eigenvalue weighted by Gasteiger charge is -2.20. The number of alkyl halides is 1. The highest BCUT2D eigenvalue weighted by Gasteiger charge is 2.38. The van der Waals surface area contributed by atoms with E-state index in [1.165, 1.54) is 4.90 Å². The van der Waals surface area contributed by atoms with Crippen LogP contribution in [-0.4, -0.2) is 35.6 Å². The number of nitrogens with zero attached hydrogens (tertiary/aromatic N) is 1. The molecule has 1 unspecified atom stereocenters. The lowest BCUT2D eigenvalue weighted by atomic mass is 10.0. The van der Waals surface area contributed by atoms with Gasteiger partial charge in [0.15, 0.2) is 6.73 Å². The standard InChI is InChI=1S/C17H20ClNO4/c1-2-13(10-18)8-9-15-16(20)23-12-19(15)17(21)22-11-14-6-4-3-5-7-14/h2-7,13,15H,1,8-12H2/t13?,15-/m0/s1. The quantitative estimate of drug-likeness (QED) is 0.435. The van der Waals surface area contributed by atoms with Crippen LogP contribution < -0.4 is 0 Å². The topological polar surface area (TPSA) is 55.8 Å². The molecule has 1 heterocycles. The van der Waals surface area contributed by atoms with Crippen molar-refractivity contribution >= 4 is 23.7 Å². The summed E-state index contributed by atoms with van der Waals surface area (Å²) < 4.78 is 10.2. The maximum Gasteiger partial charge on any atom is 0.413 e. The van der Waals surface area contributed by atoms with Crippen LogP contribution in [0.5, 0.6) is 0 Å². The van der Waals surface area contributed by atoms with E-state index in [0.29, 0.717) is 18.7 Å². The van der Waals surface area contributed by atoms with Crippen molar-refractivity contribution in [1.82, 2.24) is 4.90 Å². The first-order chi connectivity index (χ1) is 11.2. The Morgan fingerprint density at radius 1 is 1.48 bits per heavy atom. The normalized spacial score (nSPS) is 18.4. The van der Waals surface area contributed by atoms with Gasteiger partial charge in [-0.05, 0) is 24.3 Å². The van der Waals surface area contributed by atoms with Gasteiger partial charge in [-0.25, -0.2) is 9.59 Å². The summed E-state index contributed by atoms with van der Waals surface area (Å²) in [6.45, 7) is 3.80. The fourth-order valence-electron chi connectivity index (χ4n) is 2.33. The van der Waals surface area contributed by atoms with Gasteiger partial charge in [0.1, 0.15) is 12.6 Å². The van der Waals surface area contributed by atoms with Crippen molar-refractivity contribution < 1.29 is 19.1 Å². The predicted octanol–water partition coefficient (Wildman–Crippen LogP) is 3.33. The number of hydrogen-bond acceptors (Lipinski definition) is 4. The van der Waals surface area contributed by atoms with Crippen molar-refractivity contribution in [2.24, 2.45) is 5.92 Å². The molecule has 0 radical (unpaired) electrons. The van der Waals surface area contributed by atoms with E-state index in [4.69, 9.17) is 21.1 Å². The van der Waals surface area contributed by atoms with E-state index in [1.807, 2.05) is 30.3 Å². The van der Waals surface area contributed by atoms with Crippen LogP contribution >= 0.6 is 11.6 Å². The third-order valence-electron chi connectivity index (χ3n) is 3.78. The molecule has 1 fully saturated rings. The molecule has 1 aromatic rings. The SMILES string of the molecule is C=CC(CCl)CC[C@H]1C(=O)OCN1C(=O)OCc1ccccc1. The molecule has 0 aliphatic carbocycles. The van der Waals surface area contributed by atoms with Gasteiger partial charge in [-0.3, -0.25) is 4.90 Å². The van der Waals surface area contributed by atoms with E-state index >= 15 is 0 Å². The molecule has 0 N–H and O–H groups in total. The molecule has 0 aromatic heterocycles. The minimum Gasteiger partial charge on any atom is -0.444 e. The van der Waals surface area contributed by atoms with Crippen molar-refractivity contribution in [3.63, 3.8) is 0 Å². The second kappa shape index (κ2) is 8.58.